The minimum atomic E-state index is 0. The molecule has 0 amide bonds. The molecule has 3 aromatic rings. The molecule has 0 atom stereocenters. The first-order valence-electron chi connectivity index (χ1n) is 6.86. The molecular weight excluding hydrogens is 347 g/mol. The Labute approximate surface area is 153 Å². The monoisotopic (exact) mass is 364 g/mol. The van der Waals surface area contributed by atoms with Gasteiger partial charge in [-0.05, 0) is 36.4 Å². The van der Waals surface area contributed by atoms with Crippen molar-refractivity contribution in [1.82, 2.24) is 0 Å². The van der Waals surface area contributed by atoms with Crippen molar-refractivity contribution in [1.29, 1.82) is 0 Å². The summed E-state index contributed by atoms with van der Waals surface area (Å²) in [5.41, 5.74) is 12.8. The summed E-state index contributed by atoms with van der Waals surface area (Å²) in [6, 6.07) is 22.1. The Bertz CT molecular complexity index is 783. The number of para-hydroxylation sites is 1. The van der Waals surface area contributed by atoms with Crippen LogP contribution in [0, 0.1) is 0 Å². The van der Waals surface area contributed by atoms with E-state index in [0.717, 1.165) is 5.75 Å². The van der Waals surface area contributed by atoms with Crippen molar-refractivity contribution in [3.8, 4) is 23.0 Å². The van der Waals surface area contributed by atoms with Crippen molar-refractivity contribution in [2.24, 2.45) is 0 Å². The SMILES string of the molecule is Cl.Cl.Nc1ccc(N)c(Oc2cccc(Oc3ccccc3)c2)c1. The number of rotatable bonds is 4. The van der Waals surface area contributed by atoms with E-state index in [9.17, 15) is 0 Å². The van der Waals surface area contributed by atoms with Gasteiger partial charge in [-0.25, -0.2) is 0 Å². The number of ether oxygens (including phenoxy) is 2. The molecule has 6 heteroatoms. The highest BCUT2D eigenvalue weighted by molar-refractivity contribution is 5.85. The third-order valence-electron chi connectivity index (χ3n) is 3.05. The highest BCUT2D eigenvalue weighted by atomic mass is 35.5. The van der Waals surface area contributed by atoms with Crippen LogP contribution in [0.2, 0.25) is 0 Å². The lowest BCUT2D eigenvalue weighted by molar-refractivity contribution is 0.461. The average Bonchev–Trinajstić information content (AvgIpc) is 2.52. The van der Waals surface area contributed by atoms with Crippen LogP contribution < -0.4 is 20.9 Å². The number of benzene rings is 3. The molecule has 24 heavy (non-hydrogen) atoms. The van der Waals surface area contributed by atoms with Gasteiger partial charge >= 0.3 is 0 Å². The van der Waals surface area contributed by atoms with E-state index in [2.05, 4.69) is 0 Å². The molecule has 0 saturated carbocycles. The quantitative estimate of drug-likeness (QED) is 0.617. The molecule has 3 aromatic carbocycles. The summed E-state index contributed by atoms with van der Waals surface area (Å²) in [5.74, 6) is 2.61. The van der Waals surface area contributed by atoms with Crippen molar-refractivity contribution in [2.45, 2.75) is 0 Å². The number of nitrogen functional groups attached to an aromatic ring is 2. The molecule has 0 unspecified atom stereocenters. The first-order chi connectivity index (χ1) is 10.7. The molecule has 0 saturated heterocycles. The fourth-order valence-corrected chi connectivity index (χ4v) is 1.99. The van der Waals surface area contributed by atoms with Crippen LogP contribution in [0.1, 0.15) is 0 Å². The fourth-order valence-electron chi connectivity index (χ4n) is 1.99. The van der Waals surface area contributed by atoms with Gasteiger partial charge in [-0.2, -0.15) is 0 Å². The third-order valence-corrected chi connectivity index (χ3v) is 3.05. The summed E-state index contributed by atoms with van der Waals surface area (Å²) in [6.45, 7) is 0. The van der Waals surface area contributed by atoms with E-state index in [1.165, 1.54) is 0 Å². The molecule has 0 aliphatic rings. The molecule has 3 rings (SSSR count). The van der Waals surface area contributed by atoms with Crippen LogP contribution in [-0.4, -0.2) is 0 Å². The summed E-state index contributed by atoms with van der Waals surface area (Å²) in [6.07, 6.45) is 0. The maximum Gasteiger partial charge on any atom is 0.152 e. The molecule has 0 aromatic heterocycles. The average molecular weight is 365 g/mol. The van der Waals surface area contributed by atoms with Gasteiger partial charge in [0.25, 0.3) is 0 Å². The number of hydrogen-bond acceptors (Lipinski definition) is 4. The van der Waals surface area contributed by atoms with Gasteiger partial charge in [-0.1, -0.05) is 24.3 Å². The lowest BCUT2D eigenvalue weighted by atomic mass is 10.2. The van der Waals surface area contributed by atoms with E-state index in [1.54, 1.807) is 24.3 Å². The second-order valence-corrected chi connectivity index (χ2v) is 4.79. The van der Waals surface area contributed by atoms with Crippen molar-refractivity contribution in [2.75, 3.05) is 11.5 Å². The molecule has 0 aliphatic heterocycles. The van der Waals surface area contributed by atoms with Crippen LogP contribution in [0.5, 0.6) is 23.0 Å². The summed E-state index contributed by atoms with van der Waals surface area (Å²) in [4.78, 5) is 0. The highest BCUT2D eigenvalue weighted by Crippen LogP contribution is 2.32. The fraction of sp³-hybridized carbons (Fsp3) is 0. The van der Waals surface area contributed by atoms with E-state index in [1.807, 2.05) is 48.5 Å². The molecule has 0 fully saturated rings. The summed E-state index contributed by atoms with van der Waals surface area (Å²) < 4.78 is 11.6. The minimum absolute atomic E-state index is 0. The van der Waals surface area contributed by atoms with Crippen molar-refractivity contribution < 1.29 is 9.47 Å². The van der Waals surface area contributed by atoms with Gasteiger partial charge in [0.1, 0.15) is 17.2 Å². The zero-order valence-electron chi connectivity index (χ0n) is 12.7. The smallest absolute Gasteiger partial charge is 0.152 e. The summed E-state index contributed by atoms with van der Waals surface area (Å²) >= 11 is 0. The van der Waals surface area contributed by atoms with Crippen LogP contribution in [0.15, 0.2) is 72.8 Å². The Balaban J connectivity index is 0.00000144. The Kier molecular flexibility index (Phi) is 7.24. The Morgan fingerprint density at radius 2 is 1.21 bits per heavy atom. The van der Waals surface area contributed by atoms with E-state index in [4.69, 9.17) is 20.9 Å². The maximum atomic E-state index is 5.89. The standard InChI is InChI=1S/C18H16N2O2.2ClH/c19-13-9-10-17(20)18(11-13)22-16-8-4-7-15(12-16)21-14-5-2-1-3-6-14;;/h1-12H,19-20H2;2*1H. The summed E-state index contributed by atoms with van der Waals surface area (Å²) in [5, 5.41) is 0. The Morgan fingerprint density at radius 3 is 1.92 bits per heavy atom. The number of anilines is 2. The second kappa shape index (κ2) is 8.91. The number of hydrogen-bond donors (Lipinski definition) is 2. The number of nitrogens with two attached hydrogens (primary N) is 2. The molecule has 0 radical (unpaired) electrons. The van der Waals surface area contributed by atoms with E-state index < -0.39 is 0 Å². The largest absolute Gasteiger partial charge is 0.457 e. The normalized spacial score (nSPS) is 9.33. The molecule has 4 nitrogen and oxygen atoms in total. The third kappa shape index (κ3) is 4.98. The van der Waals surface area contributed by atoms with Crippen LogP contribution in [-0.2, 0) is 0 Å². The Morgan fingerprint density at radius 1 is 0.583 bits per heavy atom. The van der Waals surface area contributed by atoms with Crippen LogP contribution in [0.4, 0.5) is 11.4 Å². The molecule has 0 bridgehead atoms. The molecule has 4 N–H and O–H groups in total. The van der Waals surface area contributed by atoms with E-state index >= 15 is 0 Å². The van der Waals surface area contributed by atoms with Crippen molar-refractivity contribution in [3.05, 3.63) is 72.8 Å². The van der Waals surface area contributed by atoms with E-state index in [0.29, 0.717) is 28.6 Å². The summed E-state index contributed by atoms with van der Waals surface area (Å²) in [7, 11) is 0. The molecular formula is C18H18Cl2N2O2. The maximum absolute atomic E-state index is 5.89. The van der Waals surface area contributed by atoms with Gasteiger partial charge in [0.15, 0.2) is 5.75 Å². The first-order valence-corrected chi connectivity index (χ1v) is 6.86. The highest BCUT2D eigenvalue weighted by Gasteiger charge is 2.05. The minimum Gasteiger partial charge on any atom is -0.457 e. The van der Waals surface area contributed by atoms with Gasteiger partial charge in [-0.15, -0.1) is 24.8 Å². The lowest BCUT2D eigenvalue weighted by Crippen LogP contribution is -1.94. The van der Waals surface area contributed by atoms with Crippen LogP contribution >= 0.6 is 24.8 Å². The van der Waals surface area contributed by atoms with Gasteiger partial charge in [0, 0.05) is 17.8 Å². The predicted octanol–water partition coefficient (Wildman–Crippen LogP) is 5.28. The Hall–Kier alpha value is -2.56. The molecule has 0 aliphatic carbocycles. The lowest BCUT2D eigenvalue weighted by Gasteiger charge is -2.11. The zero-order chi connectivity index (χ0) is 15.4. The van der Waals surface area contributed by atoms with Crippen molar-refractivity contribution >= 4 is 36.2 Å². The van der Waals surface area contributed by atoms with Crippen molar-refractivity contribution in [3.63, 3.8) is 0 Å². The van der Waals surface area contributed by atoms with Crippen LogP contribution in [0.25, 0.3) is 0 Å². The van der Waals surface area contributed by atoms with Crippen LogP contribution in [0.3, 0.4) is 0 Å². The topological polar surface area (TPSA) is 70.5 Å². The van der Waals surface area contributed by atoms with Gasteiger partial charge < -0.3 is 20.9 Å². The molecule has 0 spiro atoms. The van der Waals surface area contributed by atoms with Gasteiger partial charge in [-0.3, -0.25) is 0 Å². The molecule has 126 valence electrons. The van der Waals surface area contributed by atoms with E-state index in [-0.39, 0.29) is 24.8 Å². The second-order valence-electron chi connectivity index (χ2n) is 4.79. The first kappa shape index (κ1) is 19.5. The zero-order valence-corrected chi connectivity index (χ0v) is 14.3. The van der Waals surface area contributed by atoms with Gasteiger partial charge in [0.05, 0.1) is 5.69 Å². The predicted molar refractivity (Wildman–Crippen MR) is 103 cm³/mol. The van der Waals surface area contributed by atoms with Gasteiger partial charge in [0.2, 0.25) is 0 Å². The molecule has 0 heterocycles. The number of halogens is 2.